The third-order valence-electron chi connectivity index (χ3n) is 10.0. The summed E-state index contributed by atoms with van der Waals surface area (Å²) in [5.74, 6) is -2.09. The lowest BCUT2D eigenvalue weighted by atomic mass is 9.84. The highest BCUT2D eigenvalue weighted by atomic mass is 32.2. The molecule has 1 aromatic carbocycles. The highest BCUT2D eigenvalue weighted by Gasteiger charge is 2.34. The van der Waals surface area contributed by atoms with Crippen molar-refractivity contribution in [2.45, 2.75) is 128 Å². The summed E-state index contributed by atoms with van der Waals surface area (Å²) in [6, 6.07) is 1.29. The maximum Gasteiger partial charge on any atom is 0.416 e. The van der Waals surface area contributed by atoms with E-state index >= 15 is 0 Å². The van der Waals surface area contributed by atoms with Gasteiger partial charge in [-0.3, -0.25) is 14.4 Å². The average molecular weight is 862 g/mol. The van der Waals surface area contributed by atoms with Crippen LogP contribution in [0.3, 0.4) is 0 Å². The summed E-state index contributed by atoms with van der Waals surface area (Å²) in [5, 5.41) is 5.07. The molecule has 1 aromatic rings. The van der Waals surface area contributed by atoms with Crippen LogP contribution in [-0.4, -0.2) is 111 Å². The fourth-order valence-electron chi connectivity index (χ4n) is 6.84. The Morgan fingerprint density at radius 3 is 1.73 bits per heavy atom. The Bertz CT molecular complexity index is 1650. The van der Waals surface area contributed by atoms with E-state index < -0.39 is 74.8 Å². The van der Waals surface area contributed by atoms with Crippen molar-refractivity contribution in [1.29, 1.82) is 0 Å². The highest BCUT2D eigenvalue weighted by Crippen LogP contribution is 2.32. The molecule has 0 saturated carbocycles. The molecule has 2 aliphatic heterocycles. The van der Waals surface area contributed by atoms with Crippen molar-refractivity contribution in [3.63, 3.8) is 0 Å². The number of nitrogens with one attached hydrogen (secondary N) is 3. The van der Waals surface area contributed by atoms with Gasteiger partial charge in [0.25, 0.3) is 0 Å². The third kappa shape index (κ3) is 17.2. The van der Waals surface area contributed by atoms with Crippen molar-refractivity contribution in [2.75, 3.05) is 45.9 Å². The minimum absolute atomic E-state index is 0.141. The molecule has 3 N–H and O–H groups in total. The summed E-state index contributed by atoms with van der Waals surface area (Å²) < 4.78 is 83.7. The topological polar surface area (TPSA) is 190 Å². The van der Waals surface area contributed by atoms with Crippen LogP contribution in [0.5, 0.6) is 0 Å². The summed E-state index contributed by atoms with van der Waals surface area (Å²) >= 11 is 0. The summed E-state index contributed by atoms with van der Waals surface area (Å²) in [5.41, 5.74) is -2.41. The molecular weight excluding hydrogens is 800 g/mol. The molecule has 334 valence electrons. The summed E-state index contributed by atoms with van der Waals surface area (Å²) in [6.07, 6.45) is -0.0314. The molecule has 2 aliphatic rings. The number of likely N-dealkylation sites (tertiary alicyclic amines) is 2. The number of piperidine rings is 2. The molecule has 59 heavy (non-hydrogen) atoms. The Balaban J connectivity index is 1.61. The van der Waals surface area contributed by atoms with Gasteiger partial charge in [0.2, 0.25) is 21.8 Å². The number of carbonyl (C=O) groups excluding carboxylic acids is 5. The second-order valence-corrected chi connectivity index (χ2v) is 18.9. The van der Waals surface area contributed by atoms with Gasteiger partial charge < -0.3 is 34.6 Å². The van der Waals surface area contributed by atoms with Crippen LogP contribution in [0.1, 0.15) is 105 Å². The number of alkyl halides is 3. The van der Waals surface area contributed by atoms with E-state index in [9.17, 15) is 45.6 Å². The van der Waals surface area contributed by atoms with Crippen LogP contribution in [0.15, 0.2) is 29.2 Å². The maximum absolute atomic E-state index is 13.6. The Morgan fingerprint density at radius 2 is 1.29 bits per heavy atom. The van der Waals surface area contributed by atoms with Crippen LogP contribution < -0.4 is 15.4 Å². The first-order valence-electron chi connectivity index (χ1n) is 20.2. The number of rotatable bonds is 16. The van der Waals surface area contributed by atoms with Crippen molar-refractivity contribution in [1.82, 2.24) is 25.2 Å². The van der Waals surface area contributed by atoms with Crippen LogP contribution in [0.2, 0.25) is 0 Å². The van der Waals surface area contributed by atoms with E-state index in [0.717, 1.165) is 50.7 Å². The number of hydrogen-bond acceptors (Lipinski definition) is 10. The highest BCUT2D eigenvalue weighted by molar-refractivity contribution is 7.89. The van der Waals surface area contributed by atoms with Crippen LogP contribution >= 0.6 is 0 Å². The number of nitrogens with zero attached hydrogens (tertiary/aromatic N) is 2. The fourth-order valence-corrected chi connectivity index (χ4v) is 8.07. The van der Waals surface area contributed by atoms with E-state index in [0.29, 0.717) is 51.2 Å². The van der Waals surface area contributed by atoms with E-state index in [2.05, 4.69) is 10.6 Å². The number of benzene rings is 1. The molecule has 15 nitrogen and oxygen atoms in total. The predicted octanol–water partition coefficient (Wildman–Crippen LogP) is 5.62. The Kier molecular flexibility index (Phi) is 17.9. The molecule has 0 aromatic heterocycles. The number of amides is 4. The van der Waals surface area contributed by atoms with Crippen molar-refractivity contribution >= 4 is 40.0 Å². The predicted molar refractivity (Wildman–Crippen MR) is 211 cm³/mol. The van der Waals surface area contributed by atoms with Gasteiger partial charge in [0.1, 0.15) is 17.2 Å². The molecule has 2 heterocycles. The van der Waals surface area contributed by atoms with Crippen LogP contribution in [-0.2, 0) is 44.8 Å². The minimum atomic E-state index is -4.81. The lowest BCUT2D eigenvalue weighted by Crippen LogP contribution is -2.50. The summed E-state index contributed by atoms with van der Waals surface area (Å²) in [4.78, 5) is 67.0. The molecule has 0 radical (unpaired) electrons. The van der Waals surface area contributed by atoms with Gasteiger partial charge in [-0.05, 0) is 130 Å². The van der Waals surface area contributed by atoms with E-state index in [1.54, 1.807) is 9.80 Å². The van der Waals surface area contributed by atoms with E-state index in [1.807, 2.05) is 46.3 Å². The van der Waals surface area contributed by atoms with E-state index in [1.165, 1.54) is 6.92 Å². The van der Waals surface area contributed by atoms with Crippen molar-refractivity contribution in [3.05, 3.63) is 29.8 Å². The van der Waals surface area contributed by atoms with Crippen LogP contribution in [0.25, 0.3) is 0 Å². The molecule has 19 heteroatoms. The second kappa shape index (κ2) is 21.4. The number of ether oxygens (including phenoxy) is 3. The molecule has 1 atom stereocenters. The van der Waals surface area contributed by atoms with Gasteiger partial charge in [0.05, 0.1) is 23.6 Å². The molecule has 4 amide bonds. The number of carbonyl (C=O) groups is 5. The van der Waals surface area contributed by atoms with E-state index in [-0.39, 0.29) is 36.5 Å². The standard InChI is InChI=1S/C40H62F3N5O10S/c1-8-56-35(51)32(46-59(54,55)31-11-9-10-30(24-31)40(41,42)43)25-44-33(49)26-45-34(50)29(14-12-27-16-20-47(21-17-27)36(52)57-38(2,3)4)15-13-28-18-22-48(23-19-28)37(53)58-39(5,6)7/h9-11,24,27-29,32,46H,8,12-23,25-26H2,1-7H3,(H,44,49)(H,45,50)/t32-/m0/s1. The van der Waals surface area contributed by atoms with Gasteiger partial charge in [-0.25, -0.2) is 18.0 Å². The molecule has 2 saturated heterocycles. The largest absolute Gasteiger partial charge is 0.465 e. The SMILES string of the molecule is CCOC(=O)[C@H](CNC(=O)CNC(=O)C(CCC1CCN(C(=O)OC(C)(C)C)CC1)CCC1CCN(C(=O)OC(C)(C)C)CC1)NS(=O)(=O)c1cccc(C(F)(F)F)c1. The van der Waals surface area contributed by atoms with Crippen LogP contribution in [0, 0.1) is 17.8 Å². The molecule has 0 bridgehead atoms. The quantitative estimate of drug-likeness (QED) is 0.139. The summed E-state index contributed by atoms with van der Waals surface area (Å²) in [7, 11) is -4.67. The van der Waals surface area contributed by atoms with Gasteiger partial charge in [-0.2, -0.15) is 17.9 Å². The molecular formula is C40H62F3N5O10S. The number of halogens is 3. The van der Waals surface area contributed by atoms with Crippen molar-refractivity contribution in [3.8, 4) is 0 Å². The Labute approximate surface area is 345 Å². The first-order valence-corrected chi connectivity index (χ1v) is 21.7. The normalized spacial score (nSPS) is 16.7. The molecule has 0 unspecified atom stereocenters. The van der Waals surface area contributed by atoms with Gasteiger partial charge in [-0.1, -0.05) is 6.07 Å². The smallest absolute Gasteiger partial charge is 0.416 e. The zero-order valence-corrected chi connectivity index (χ0v) is 36.1. The fraction of sp³-hybridized carbons (Fsp3) is 0.725. The number of esters is 1. The van der Waals surface area contributed by atoms with Crippen LogP contribution in [0.4, 0.5) is 22.8 Å². The zero-order chi connectivity index (χ0) is 44.2. The molecule has 0 spiro atoms. The Hall–Kier alpha value is -4.13. The number of hydrogen-bond donors (Lipinski definition) is 3. The number of sulfonamides is 1. The average Bonchev–Trinajstić information content (AvgIpc) is 3.14. The maximum atomic E-state index is 13.6. The van der Waals surface area contributed by atoms with Gasteiger partial charge in [-0.15, -0.1) is 0 Å². The van der Waals surface area contributed by atoms with Crippen molar-refractivity contribution < 1.29 is 59.8 Å². The monoisotopic (exact) mass is 861 g/mol. The van der Waals surface area contributed by atoms with Gasteiger partial charge in [0.15, 0.2) is 0 Å². The summed E-state index contributed by atoms with van der Waals surface area (Å²) in [6.45, 7) is 13.3. The first-order chi connectivity index (χ1) is 27.4. The molecule has 3 rings (SSSR count). The zero-order valence-electron chi connectivity index (χ0n) is 35.2. The lowest BCUT2D eigenvalue weighted by molar-refractivity contribution is -0.145. The second-order valence-electron chi connectivity index (χ2n) is 17.1. The third-order valence-corrected chi connectivity index (χ3v) is 11.5. The lowest BCUT2D eigenvalue weighted by Gasteiger charge is -2.34. The molecule has 2 fully saturated rings. The van der Waals surface area contributed by atoms with Gasteiger partial charge in [0, 0.05) is 38.6 Å². The minimum Gasteiger partial charge on any atom is -0.465 e. The van der Waals surface area contributed by atoms with E-state index in [4.69, 9.17) is 14.2 Å². The van der Waals surface area contributed by atoms with Gasteiger partial charge >= 0.3 is 24.3 Å². The Morgan fingerprint density at radius 1 is 0.797 bits per heavy atom. The first kappa shape index (κ1) is 49.2. The molecule has 0 aliphatic carbocycles. The van der Waals surface area contributed by atoms with Crippen molar-refractivity contribution in [2.24, 2.45) is 17.8 Å².